The maximum Gasteiger partial charge on any atom is 0.242 e. The van der Waals surface area contributed by atoms with Gasteiger partial charge in [0.25, 0.3) is 0 Å². The highest BCUT2D eigenvalue weighted by Gasteiger charge is 2.25. The Hall–Kier alpha value is -2.27. The number of rotatable bonds is 8. The van der Waals surface area contributed by atoms with Gasteiger partial charge >= 0.3 is 0 Å². The van der Waals surface area contributed by atoms with E-state index in [0.29, 0.717) is 12.3 Å². The molecule has 0 radical (unpaired) electrons. The van der Waals surface area contributed by atoms with Crippen LogP contribution in [0, 0.1) is 6.92 Å². The van der Waals surface area contributed by atoms with Crippen molar-refractivity contribution in [3.8, 4) is 0 Å². The molecule has 4 nitrogen and oxygen atoms in total. The van der Waals surface area contributed by atoms with Crippen LogP contribution in [0.25, 0.3) is 0 Å². The van der Waals surface area contributed by atoms with Crippen LogP contribution in [0.1, 0.15) is 23.6 Å². The minimum absolute atomic E-state index is 0.0229. The van der Waals surface area contributed by atoms with E-state index in [1.54, 1.807) is 30.6 Å². The second-order valence-electron chi connectivity index (χ2n) is 6.22. The predicted octanol–water partition coefficient (Wildman–Crippen LogP) is 3.39. The first-order valence-electron chi connectivity index (χ1n) is 8.70. The van der Waals surface area contributed by atoms with Crippen LogP contribution in [0.2, 0.25) is 0 Å². The molecular weight excluding hydrogens is 344 g/mol. The van der Waals surface area contributed by atoms with Gasteiger partial charge in [-0.05, 0) is 30.5 Å². The van der Waals surface area contributed by atoms with Gasteiger partial charge < -0.3 is 10.2 Å². The summed E-state index contributed by atoms with van der Waals surface area (Å²) < 4.78 is 0. The quantitative estimate of drug-likeness (QED) is 0.775. The van der Waals surface area contributed by atoms with Gasteiger partial charge in [-0.3, -0.25) is 9.59 Å². The Labute approximate surface area is 160 Å². The molecule has 26 heavy (non-hydrogen) atoms. The number of nitrogens with one attached hydrogen (secondary N) is 1. The van der Waals surface area contributed by atoms with Crippen molar-refractivity contribution in [1.82, 2.24) is 10.2 Å². The number of benzene rings is 2. The Morgan fingerprint density at radius 2 is 1.73 bits per heavy atom. The van der Waals surface area contributed by atoms with E-state index in [4.69, 9.17) is 0 Å². The van der Waals surface area contributed by atoms with E-state index in [2.05, 4.69) is 17.4 Å². The number of aryl methyl sites for hydroxylation is 1. The molecule has 0 saturated heterocycles. The van der Waals surface area contributed by atoms with Crippen molar-refractivity contribution in [2.45, 2.75) is 32.2 Å². The summed E-state index contributed by atoms with van der Waals surface area (Å²) in [5.41, 5.74) is 3.37. The van der Waals surface area contributed by atoms with E-state index < -0.39 is 6.04 Å². The van der Waals surface area contributed by atoms with Crippen molar-refractivity contribution in [2.24, 2.45) is 0 Å². The lowest BCUT2D eigenvalue weighted by Crippen LogP contribution is -2.47. The molecule has 0 unspecified atom stereocenters. The first-order valence-corrected chi connectivity index (χ1v) is 9.85. The van der Waals surface area contributed by atoms with Crippen LogP contribution in [0.15, 0.2) is 54.6 Å². The highest BCUT2D eigenvalue weighted by atomic mass is 32.2. The lowest BCUT2D eigenvalue weighted by Gasteiger charge is -2.29. The number of hydrogen-bond donors (Lipinski definition) is 1. The highest BCUT2D eigenvalue weighted by molar-refractivity contribution is 7.99. The Morgan fingerprint density at radius 3 is 2.38 bits per heavy atom. The fourth-order valence-corrected chi connectivity index (χ4v) is 3.55. The van der Waals surface area contributed by atoms with E-state index in [-0.39, 0.29) is 11.8 Å². The third kappa shape index (κ3) is 5.63. The summed E-state index contributed by atoms with van der Waals surface area (Å²) in [5.74, 6) is 0.951. The van der Waals surface area contributed by atoms with Crippen LogP contribution in [0.3, 0.4) is 0 Å². The van der Waals surface area contributed by atoms with Gasteiger partial charge in [0.05, 0.1) is 5.75 Å². The average molecular weight is 371 g/mol. The fourth-order valence-electron chi connectivity index (χ4n) is 2.68. The van der Waals surface area contributed by atoms with Crippen molar-refractivity contribution in [3.05, 3.63) is 71.3 Å². The number of likely N-dealkylation sites (N-methyl/N-ethyl adjacent to an activating group) is 1. The predicted molar refractivity (Wildman–Crippen MR) is 108 cm³/mol. The minimum Gasteiger partial charge on any atom is -0.357 e. The summed E-state index contributed by atoms with van der Waals surface area (Å²) in [5, 5.41) is 2.64. The maximum atomic E-state index is 12.8. The molecule has 0 saturated carbocycles. The second-order valence-corrected chi connectivity index (χ2v) is 7.20. The molecule has 0 aromatic heterocycles. The van der Waals surface area contributed by atoms with Crippen molar-refractivity contribution in [3.63, 3.8) is 0 Å². The zero-order chi connectivity index (χ0) is 18.9. The maximum absolute atomic E-state index is 12.8. The van der Waals surface area contributed by atoms with Crippen molar-refractivity contribution in [1.29, 1.82) is 0 Å². The molecule has 2 aromatic rings. The molecule has 0 heterocycles. The smallest absolute Gasteiger partial charge is 0.242 e. The van der Waals surface area contributed by atoms with Crippen LogP contribution in [-0.4, -0.2) is 35.6 Å². The summed E-state index contributed by atoms with van der Waals surface area (Å²) in [6.45, 7) is 4.23. The lowest BCUT2D eigenvalue weighted by molar-refractivity contribution is -0.138. The minimum atomic E-state index is -0.510. The Morgan fingerprint density at radius 1 is 1.08 bits per heavy atom. The molecule has 0 fully saturated rings. The third-order valence-electron chi connectivity index (χ3n) is 4.35. The summed E-state index contributed by atoms with van der Waals surface area (Å²) in [6, 6.07) is 17.5. The molecule has 1 N–H and O–H groups in total. The molecule has 1 atom stereocenters. The molecule has 2 aromatic carbocycles. The summed E-state index contributed by atoms with van der Waals surface area (Å²) in [4.78, 5) is 26.6. The molecule has 0 spiro atoms. The van der Waals surface area contributed by atoms with Crippen LogP contribution >= 0.6 is 11.8 Å². The third-order valence-corrected chi connectivity index (χ3v) is 5.34. The largest absolute Gasteiger partial charge is 0.357 e. The molecule has 0 aliphatic carbocycles. The number of hydrogen-bond acceptors (Lipinski definition) is 3. The molecule has 138 valence electrons. The topological polar surface area (TPSA) is 49.4 Å². The van der Waals surface area contributed by atoms with Crippen LogP contribution < -0.4 is 5.32 Å². The van der Waals surface area contributed by atoms with E-state index in [9.17, 15) is 9.59 Å². The molecule has 2 rings (SSSR count). The number of thioether (sulfide) groups is 1. The van der Waals surface area contributed by atoms with Crippen molar-refractivity contribution >= 4 is 23.6 Å². The van der Waals surface area contributed by atoms with E-state index in [1.165, 1.54) is 5.56 Å². The molecule has 5 heteroatoms. The number of carbonyl (C=O) groups excluding carboxylic acids is 2. The number of amides is 2. The summed E-state index contributed by atoms with van der Waals surface area (Å²) in [7, 11) is 1.60. The van der Waals surface area contributed by atoms with E-state index >= 15 is 0 Å². The Balaban J connectivity index is 2.05. The summed E-state index contributed by atoms with van der Waals surface area (Å²) in [6.07, 6.45) is 0. The first kappa shape index (κ1) is 20.0. The summed E-state index contributed by atoms with van der Waals surface area (Å²) >= 11 is 1.57. The van der Waals surface area contributed by atoms with Gasteiger partial charge in [0.2, 0.25) is 11.8 Å². The van der Waals surface area contributed by atoms with Crippen LogP contribution in [0.5, 0.6) is 0 Å². The van der Waals surface area contributed by atoms with E-state index in [0.717, 1.165) is 16.9 Å². The second kappa shape index (κ2) is 10.0. The van der Waals surface area contributed by atoms with E-state index in [1.807, 2.05) is 49.4 Å². The zero-order valence-electron chi connectivity index (χ0n) is 15.6. The monoisotopic (exact) mass is 370 g/mol. The van der Waals surface area contributed by atoms with Gasteiger partial charge in [0, 0.05) is 19.3 Å². The normalized spacial score (nSPS) is 11.7. The van der Waals surface area contributed by atoms with Crippen molar-refractivity contribution < 1.29 is 9.59 Å². The zero-order valence-corrected chi connectivity index (χ0v) is 16.4. The van der Waals surface area contributed by atoms with Gasteiger partial charge in [-0.15, -0.1) is 11.8 Å². The standard InChI is InChI=1S/C21H26N2O2S/c1-16-9-7-8-12-19(16)13-23(17(2)21(25)22-3)20(24)15-26-14-18-10-5-4-6-11-18/h4-12,17H,13-15H2,1-3H3,(H,22,25)/t17-/m0/s1. The molecule has 0 aliphatic heterocycles. The van der Waals surface area contributed by atoms with Crippen LogP contribution in [-0.2, 0) is 21.9 Å². The van der Waals surface area contributed by atoms with Gasteiger partial charge in [0.1, 0.15) is 6.04 Å². The van der Waals surface area contributed by atoms with Gasteiger partial charge in [-0.25, -0.2) is 0 Å². The lowest BCUT2D eigenvalue weighted by atomic mass is 10.1. The van der Waals surface area contributed by atoms with Gasteiger partial charge in [0.15, 0.2) is 0 Å². The average Bonchev–Trinajstić information content (AvgIpc) is 2.67. The highest BCUT2D eigenvalue weighted by Crippen LogP contribution is 2.17. The fraction of sp³-hybridized carbons (Fsp3) is 0.333. The van der Waals surface area contributed by atoms with Crippen LogP contribution in [0.4, 0.5) is 0 Å². The Kier molecular flexibility index (Phi) is 7.73. The van der Waals surface area contributed by atoms with Gasteiger partial charge in [-0.2, -0.15) is 0 Å². The molecule has 0 aliphatic rings. The molecule has 0 bridgehead atoms. The Bertz CT molecular complexity index is 734. The first-order chi connectivity index (χ1) is 12.5. The molecular formula is C21H26N2O2S. The van der Waals surface area contributed by atoms with Crippen molar-refractivity contribution in [2.75, 3.05) is 12.8 Å². The van der Waals surface area contributed by atoms with Gasteiger partial charge in [-0.1, -0.05) is 54.6 Å². The molecule has 2 amide bonds. The number of nitrogens with zero attached hydrogens (tertiary/aromatic N) is 1. The number of carbonyl (C=O) groups is 2. The SMILES string of the molecule is CNC(=O)[C@H](C)N(Cc1ccccc1C)C(=O)CSCc1ccccc1.